The van der Waals surface area contributed by atoms with E-state index in [-0.39, 0.29) is 11.9 Å². The smallest absolute Gasteiger partial charge is 0.241 e. The summed E-state index contributed by atoms with van der Waals surface area (Å²) in [4.78, 5) is 13.5. The largest absolute Gasteiger partial charge is 0.341 e. The first-order valence-electron chi connectivity index (χ1n) is 4.83. The summed E-state index contributed by atoms with van der Waals surface area (Å²) >= 11 is 0. The summed E-state index contributed by atoms with van der Waals surface area (Å²) in [6.45, 7) is 2.82. The van der Waals surface area contributed by atoms with Gasteiger partial charge in [-0.15, -0.1) is 0 Å². The maximum absolute atomic E-state index is 11.6. The SMILES string of the molecule is O=C(C1CCCC[N]1)N1CCC1. The Bertz CT molecular complexity index is 171. The standard InChI is InChI=1S/C9H15N2O/c12-9(11-6-3-7-11)8-4-1-2-5-10-8/h8H,1-7H2. The maximum Gasteiger partial charge on any atom is 0.241 e. The third-order valence-corrected chi connectivity index (χ3v) is 2.69. The van der Waals surface area contributed by atoms with Crippen LogP contribution in [0.1, 0.15) is 25.7 Å². The third kappa shape index (κ3) is 1.46. The maximum atomic E-state index is 11.6. The number of nitrogens with zero attached hydrogens (tertiary/aromatic N) is 2. The molecule has 3 nitrogen and oxygen atoms in total. The first-order valence-corrected chi connectivity index (χ1v) is 4.83. The number of carbonyl (C=O) groups is 1. The van der Waals surface area contributed by atoms with Gasteiger partial charge in [-0.05, 0) is 25.7 Å². The molecule has 0 aromatic carbocycles. The molecule has 0 aromatic rings. The van der Waals surface area contributed by atoms with Crippen LogP contribution in [0.3, 0.4) is 0 Å². The highest BCUT2D eigenvalue weighted by molar-refractivity contribution is 5.82. The lowest BCUT2D eigenvalue weighted by atomic mass is 10.0. The molecule has 3 heteroatoms. The van der Waals surface area contributed by atoms with Gasteiger partial charge in [0.15, 0.2) is 0 Å². The molecule has 0 bridgehead atoms. The van der Waals surface area contributed by atoms with Crippen molar-refractivity contribution in [3.63, 3.8) is 0 Å². The van der Waals surface area contributed by atoms with Crippen LogP contribution in [-0.2, 0) is 4.79 Å². The summed E-state index contributed by atoms with van der Waals surface area (Å²) in [7, 11) is 0. The summed E-state index contributed by atoms with van der Waals surface area (Å²) in [5.74, 6) is 0.279. The molecule has 2 rings (SSSR count). The molecule has 0 aliphatic carbocycles. The van der Waals surface area contributed by atoms with Crippen molar-refractivity contribution in [1.82, 2.24) is 10.2 Å². The van der Waals surface area contributed by atoms with E-state index >= 15 is 0 Å². The highest BCUT2D eigenvalue weighted by Gasteiger charge is 2.29. The molecule has 1 atom stereocenters. The molecule has 2 heterocycles. The Morgan fingerprint density at radius 2 is 2.08 bits per heavy atom. The highest BCUT2D eigenvalue weighted by atomic mass is 16.2. The number of amides is 1. The van der Waals surface area contributed by atoms with E-state index in [1.165, 1.54) is 19.3 Å². The topological polar surface area (TPSA) is 34.4 Å². The second-order valence-corrected chi connectivity index (χ2v) is 3.60. The average molecular weight is 167 g/mol. The molecule has 12 heavy (non-hydrogen) atoms. The minimum atomic E-state index is 0.0130. The number of hydrogen-bond acceptors (Lipinski definition) is 1. The van der Waals surface area contributed by atoms with Gasteiger partial charge in [-0.3, -0.25) is 4.79 Å². The molecule has 2 aliphatic rings. The average Bonchev–Trinajstić information content (AvgIpc) is 2.03. The van der Waals surface area contributed by atoms with Crippen LogP contribution in [0, 0.1) is 0 Å². The third-order valence-electron chi connectivity index (χ3n) is 2.69. The van der Waals surface area contributed by atoms with Crippen LogP contribution in [-0.4, -0.2) is 36.5 Å². The van der Waals surface area contributed by atoms with Crippen molar-refractivity contribution in [2.45, 2.75) is 31.7 Å². The van der Waals surface area contributed by atoms with E-state index in [0.717, 1.165) is 26.1 Å². The molecule has 2 aliphatic heterocycles. The summed E-state index contributed by atoms with van der Waals surface area (Å²) in [6, 6.07) is 0.0130. The van der Waals surface area contributed by atoms with E-state index in [0.29, 0.717) is 0 Å². The first kappa shape index (κ1) is 8.05. The molecule has 1 amide bonds. The first-order chi connectivity index (χ1) is 5.88. The molecular formula is C9H15N2O. The van der Waals surface area contributed by atoms with E-state index in [2.05, 4.69) is 5.32 Å². The van der Waals surface area contributed by atoms with Gasteiger partial charge in [0.1, 0.15) is 6.04 Å². The molecular weight excluding hydrogens is 152 g/mol. The fraction of sp³-hybridized carbons (Fsp3) is 0.889. The van der Waals surface area contributed by atoms with E-state index in [4.69, 9.17) is 0 Å². The molecule has 0 aromatic heterocycles. The summed E-state index contributed by atoms with van der Waals surface area (Å²) < 4.78 is 0. The quantitative estimate of drug-likeness (QED) is 0.556. The van der Waals surface area contributed by atoms with Crippen LogP contribution in [0.5, 0.6) is 0 Å². The Morgan fingerprint density at radius 3 is 2.58 bits per heavy atom. The Hall–Kier alpha value is -0.570. The fourth-order valence-corrected chi connectivity index (χ4v) is 1.74. The van der Waals surface area contributed by atoms with Gasteiger partial charge >= 0.3 is 0 Å². The van der Waals surface area contributed by atoms with Gasteiger partial charge in [0.25, 0.3) is 0 Å². The molecule has 0 spiro atoms. The van der Waals surface area contributed by atoms with Crippen LogP contribution < -0.4 is 5.32 Å². The molecule has 1 radical (unpaired) electrons. The fourth-order valence-electron chi connectivity index (χ4n) is 1.74. The number of rotatable bonds is 1. The number of piperidine rings is 1. The van der Waals surface area contributed by atoms with Gasteiger partial charge < -0.3 is 4.90 Å². The molecule has 2 fully saturated rings. The second-order valence-electron chi connectivity index (χ2n) is 3.60. The number of likely N-dealkylation sites (tertiary alicyclic amines) is 1. The Kier molecular flexibility index (Phi) is 2.30. The highest BCUT2D eigenvalue weighted by Crippen LogP contribution is 2.14. The summed E-state index contributed by atoms with van der Waals surface area (Å²) in [5.41, 5.74) is 0. The van der Waals surface area contributed by atoms with Crippen LogP contribution >= 0.6 is 0 Å². The van der Waals surface area contributed by atoms with Crippen LogP contribution in [0.25, 0.3) is 0 Å². The van der Waals surface area contributed by atoms with Crippen molar-refractivity contribution < 1.29 is 4.79 Å². The van der Waals surface area contributed by atoms with Gasteiger partial charge in [0.05, 0.1) is 0 Å². The van der Waals surface area contributed by atoms with Gasteiger partial charge in [0, 0.05) is 19.6 Å². The molecule has 0 N–H and O–H groups in total. The second kappa shape index (κ2) is 3.44. The number of hydrogen-bond donors (Lipinski definition) is 0. The zero-order chi connectivity index (χ0) is 8.39. The monoisotopic (exact) mass is 167 g/mol. The van der Waals surface area contributed by atoms with Crippen molar-refractivity contribution in [1.29, 1.82) is 0 Å². The minimum Gasteiger partial charge on any atom is -0.341 e. The molecule has 0 saturated carbocycles. The van der Waals surface area contributed by atoms with Crippen molar-refractivity contribution in [2.75, 3.05) is 19.6 Å². The Labute approximate surface area is 73.1 Å². The molecule has 1 unspecified atom stereocenters. The lowest BCUT2D eigenvalue weighted by Crippen LogP contribution is -2.50. The van der Waals surface area contributed by atoms with Crippen molar-refractivity contribution in [2.24, 2.45) is 0 Å². The van der Waals surface area contributed by atoms with E-state index in [1.54, 1.807) is 0 Å². The zero-order valence-electron chi connectivity index (χ0n) is 7.33. The van der Waals surface area contributed by atoms with Gasteiger partial charge in [-0.1, -0.05) is 0 Å². The lowest BCUT2D eigenvalue weighted by molar-refractivity contribution is -0.137. The van der Waals surface area contributed by atoms with Crippen LogP contribution in [0.4, 0.5) is 0 Å². The Morgan fingerprint density at radius 1 is 1.25 bits per heavy atom. The predicted octanol–water partition coefficient (Wildman–Crippen LogP) is 0.376. The van der Waals surface area contributed by atoms with Crippen LogP contribution in [0.15, 0.2) is 0 Å². The van der Waals surface area contributed by atoms with E-state index in [1.807, 2.05) is 4.90 Å². The van der Waals surface area contributed by atoms with Crippen molar-refractivity contribution in [3.05, 3.63) is 0 Å². The lowest BCUT2D eigenvalue weighted by Gasteiger charge is -2.34. The zero-order valence-corrected chi connectivity index (χ0v) is 7.33. The van der Waals surface area contributed by atoms with Crippen LogP contribution in [0.2, 0.25) is 0 Å². The van der Waals surface area contributed by atoms with Gasteiger partial charge in [-0.25, -0.2) is 5.32 Å². The molecule has 67 valence electrons. The summed E-state index contributed by atoms with van der Waals surface area (Å²) in [6.07, 6.45) is 4.51. The number of carbonyl (C=O) groups excluding carboxylic acids is 1. The summed E-state index contributed by atoms with van der Waals surface area (Å²) in [5, 5.41) is 4.34. The van der Waals surface area contributed by atoms with Crippen molar-refractivity contribution >= 4 is 5.91 Å². The van der Waals surface area contributed by atoms with Gasteiger partial charge in [-0.2, -0.15) is 0 Å². The van der Waals surface area contributed by atoms with Gasteiger partial charge in [0.2, 0.25) is 5.91 Å². The minimum absolute atomic E-state index is 0.0130. The van der Waals surface area contributed by atoms with E-state index < -0.39 is 0 Å². The molecule has 2 saturated heterocycles. The normalized spacial score (nSPS) is 29.7. The Balaban J connectivity index is 1.84. The predicted molar refractivity (Wildman–Crippen MR) is 45.8 cm³/mol. The van der Waals surface area contributed by atoms with E-state index in [9.17, 15) is 4.79 Å². The van der Waals surface area contributed by atoms with Crippen molar-refractivity contribution in [3.8, 4) is 0 Å².